The zero-order valence-electron chi connectivity index (χ0n) is 11.3. The van der Waals surface area contributed by atoms with Crippen molar-refractivity contribution >= 4 is 17.1 Å². The number of rotatable bonds is 2. The molecule has 0 aromatic heterocycles. The van der Waals surface area contributed by atoms with E-state index in [4.69, 9.17) is 0 Å². The van der Waals surface area contributed by atoms with Crippen LogP contribution >= 0.6 is 0 Å². The molecule has 20 heavy (non-hydrogen) atoms. The van der Waals surface area contributed by atoms with E-state index in [1.165, 1.54) is 12.2 Å². The van der Waals surface area contributed by atoms with Crippen molar-refractivity contribution in [1.82, 2.24) is 0 Å². The second-order valence-electron chi connectivity index (χ2n) is 4.53. The largest absolute Gasteiger partial charge is 0.264 e. The molecule has 0 radical (unpaired) electrons. The quantitative estimate of drug-likeness (QED) is 0.329. The Labute approximate surface area is 116 Å². The fourth-order valence-electron chi connectivity index (χ4n) is 1.65. The third-order valence-electron chi connectivity index (χ3n) is 2.82. The molecule has 0 atom stereocenters. The molecule has 0 spiro atoms. The van der Waals surface area contributed by atoms with E-state index in [2.05, 4.69) is 10.2 Å². The van der Waals surface area contributed by atoms with Crippen molar-refractivity contribution in [2.75, 3.05) is 14.1 Å². The number of hydrogen-bond donors (Lipinski definition) is 0. The minimum Gasteiger partial charge on any atom is -0.264 e. The van der Waals surface area contributed by atoms with Crippen molar-refractivity contribution in [3.8, 4) is 0 Å². The average molecular weight is 271 g/mol. The van der Waals surface area contributed by atoms with Crippen LogP contribution in [-0.4, -0.2) is 46.8 Å². The van der Waals surface area contributed by atoms with Crippen LogP contribution in [0.2, 0.25) is 0 Å². The van der Waals surface area contributed by atoms with Gasteiger partial charge in [0.05, 0.1) is 11.4 Å². The summed E-state index contributed by atoms with van der Waals surface area (Å²) in [6.45, 7) is 0. The number of hydrogen-bond acceptors (Lipinski definition) is 4. The Bertz CT molecular complexity index is 596. The molecule has 102 valence electrons. The molecule has 0 aromatic rings. The molecular weight excluding hydrogens is 256 g/mol. The van der Waals surface area contributed by atoms with Crippen molar-refractivity contribution in [2.24, 2.45) is 10.2 Å². The van der Waals surface area contributed by atoms with E-state index in [0.717, 1.165) is 11.4 Å². The molecule has 0 unspecified atom stereocenters. The van der Waals surface area contributed by atoms with Gasteiger partial charge in [0, 0.05) is 17.1 Å². The van der Waals surface area contributed by atoms with Crippen LogP contribution in [0.25, 0.3) is 0 Å². The van der Waals surface area contributed by atoms with Crippen LogP contribution in [0.3, 0.4) is 0 Å². The zero-order valence-corrected chi connectivity index (χ0v) is 11.3. The first-order chi connectivity index (χ1) is 9.56. The van der Waals surface area contributed by atoms with Crippen molar-refractivity contribution in [3.05, 3.63) is 58.7 Å². The minimum absolute atomic E-state index is 0.360. The number of nitro groups is 1. The first-order valence-electron chi connectivity index (χ1n) is 6.12. The van der Waals surface area contributed by atoms with Crippen molar-refractivity contribution in [1.29, 1.82) is 0 Å². The van der Waals surface area contributed by atoms with Crippen LogP contribution in [0.4, 0.5) is 0 Å². The van der Waals surface area contributed by atoms with Crippen LogP contribution in [-0.2, 0) is 0 Å². The predicted octanol–water partition coefficient (Wildman–Crippen LogP) is 1.39. The predicted molar refractivity (Wildman–Crippen MR) is 79.3 cm³/mol. The summed E-state index contributed by atoms with van der Waals surface area (Å²) in [6.07, 6.45) is 13.8. The maximum Gasteiger partial charge on any atom is 0.250 e. The number of allylic oxidation sites excluding steroid dienone is 6. The van der Waals surface area contributed by atoms with Gasteiger partial charge in [0.2, 0.25) is 6.04 Å². The highest BCUT2D eigenvalue weighted by Crippen LogP contribution is 2.04. The second kappa shape index (κ2) is 6.01. The lowest BCUT2D eigenvalue weighted by molar-refractivity contribution is -0.496. The van der Waals surface area contributed by atoms with Gasteiger partial charge in [-0.1, -0.05) is 0 Å². The smallest absolute Gasteiger partial charge is 0.250 e. The normalized spacial score (nSPS) is 20.3. The Balaban J connectivity index is 2.07. The molecule has 0 fully saturated rings. The fourth-order valence-corrected chi connectivity index (χ4v) is 1.65. The van der Waals surface area contributed by atoms with Crippen molar-refractivity contribution in [3.63, 3.8) is 0 Å². The fraction of sp³-hybridized carbons (Fsp3) is 0.214. The molecule has 2 rings (SSSR count). The summed E-state index contributed by atoms with van der Waals surface area (Å²) in [4.78, 5) is 10.2. The summed E-state index contributed by atoms with van der Waals surface area (Å²) in [5, 5.41) is 18.7. The van der Waals surface area contributed by atoms with Gasteiger partial charge in [0.25, 0.3) is 0 Å². The van der Waals surface area contributed by atoms with E-state index in [1.807, 2.05) is 43.0 Å². The minimum atomic E-state index is -0.770. The van der Waals surface area contributed by atoms with Gasteiger partial charge in [-0.3, -0.25) is 10.1 Å². The summed E-state index contributed by atoms with van der Waals surface area (Å²) in [7, 11) is 3.94. The molecule has 0 N–H and O–H groups in total. The molecule has 2 aliphatic rings. The zero-order chi connectivity index (χ0) is 14.5. The van der Waals surface area contributed by atoms with Crippen LogP contribution in [0.15, 0.2) is 58.8 Å². The molecule has 0 amide bonds. The van der Waals surface area contributed by atoms with Gasteiger partial charge in [-0.25, -0.2) is 4.58 Å². The lowest BCUT2D eigenvalue weighted by atomic mass is 10.1. The third-order valence-corrected chi connectivity index (χ3v) is 2.82. The SMILES string of the molecule is C[N+](C)=C1C=CC(=NN=C2C=CC([N+](=O)[O-])C=C2)C=C1. The Morgan fingerprint density at radius 3 is 1.90 bits per heavy atom. The topological polar surface area (TPSA) is 70.9 Å². The summed E-state index contributed by atoms with van der Waals surface area (Å²) in [5.41, 5.74) is 2.42. The van der Waals surface area contributed by atoms with Crippen LogP contribution in [0.1, 0.15) is 0 Å². The molecule has 2 aliphatic carbocycles. The molecule has 0 heterocycles. The van der Waals surface area contributed by atoms with E-state index >= 15 is 0 Å². The molecule has 0 saturated carbocycles. The van der Waals surface area contributed by atoms with Crippen molar-refractivity contribution in [2.45, 2.75) is 6.04 Å². The van der Waals surface area contributed by atoms with Crippen LogP contribution in [0.5, 0.6) is 0 Å². The van der Waals surface area contributed by atoms with E-state index in [0.29, 0.717) is 5.71 Å². The van der Waals surface area contributed by atoms with Gasteiger partial charge in [-0.2, -0.15) is 10.2 Å². The summed E-state index contributed by atoms with van der Waals surface area (Å²) in [5.74, 6) is 0. The van der Waals surface area contributed by atoms with Crippen LogP contribution in [0, 0.1) is 10.1 Å². The Hall–Kier alpha value is -2.63. The Morgan fingerprint density at radius 1 is 0.950 bits per heavy atom. The van der Waals surface area contributed by atoms with E-state index in [-0.39, 0.29) is 4.92 Å². The van der Waals surface area contributed by atoms with E-state index < -0.39 is 6.04 Å². The molecule has 6 heteroatoms. The van der Waals surface area contributed by atoms with Gasteiger partial charge < -0.3 is 0 Å². The van der Waals surface area contributed by atoms with Crippen molar-refractivity contribution < 1.29 is 9.50 Å². The van der Waals surface area contributed by atoms with E-state index in [9.17, 15) is 10.1 Å². The van der Waals surface area contributed by atoms with Gasteiger partial charge >= 0.3 is 0 Å². The first-order valence-corrected chi connectivity index (χ1v) is 6.12. The molecule has 0 saturated heterocycles. The maximum atomic E-state index is 10.6. The third kappa shape index (κ3) is 3.44. The summed E-state index contributed by atoms with van der Waals surface area (Å²) < 4.78 is 2.00. The number of nitrogens with zero attached hydrogens (tertiary/aromatic N) is 4. The average Bonchev–Trinajstić information content (AvgIpc) is 2.46. The molecular formula is C14H15N4O2+. The lowest BCUT2D eigenvalue weighted by Crippen LogP contribution is -2.16. The molecule has 0 aliphatic heterocycles. The van der Waals surface area contributed by atoms with Gasteiger partial charge in [0.15, 0.2) is 5.71 Å². The molecule has 0 aromatic carbocycles. The summed E-state index contributed by atoms with van der Waals surface area (Å²) in [6, 6.07) is -0.770. The Kier molecular flexibility index (Phi) is 4.14. The van der Waals surface area contributed by atoms with Gasteiger partial charge in [-0.05, 0) is 36.5 Å². The molecule has 6 nitrogen and oxygen atoms in total. The highest BCUT2D eigenvalue weighted by molar-refractivity contribution is 6.17. The highest BCUT2D eigenvalue weighted by atomic mass is 16.6. The molecule has 0 bridgehead atoms. The first kappa shape index (κ1) is 13.8. The van der Waals surface area contributed by atoms with Crippen LogP contribution < -0.4 is 0 Å². The standard InChI is InChI=1S/C14H15N4O2/c1-17(2)13-7-3-11(4-8-13)15-16-12-5-9-14(10-6-12)18(19)20/h3-10,14H,1-2H3/q+1. The lowest BCUT2D eigenvalue weighted by Gasteiger charge is -2.03. The maximum absolute atomic E-state index is 10.6. The Morgan fingerprint density at radius 2 is 1.45 bits per heavy atom. The monoisotopic (exact) mass is 271 g/mol. The summed E-state index contributed by atoms with van der Waals surface area (Å²) >= 11 is 0. The van der Waals surface area contributed by atoms with E-state index in [1.54, 1.807) is 12.2 Å². The second-order valence-corrected chi connectivity index (χ2v) is 4.53. The van der Waals surface area contributed by atoms with Gasteiger partial charge in [-0.15, -0.1) is 0 Å². The highest BCUT2D eigenvalue weighted by Gasteiger charge is 2.14. The van der Waals surface area contributed by atoms with Gasteiger partial charge in [0.1, 0.15) is 14.1 Å².